The van der Waals surface area contributed by atoms with E-state index in [0.717, 1.165) is 0 Å². The number of halogens is 2. The van der Waals surface area contributed by atoms with Crippen molar-refractivity contribution in [2.45, 2.75) is 19.7 Å². The van der Waals surface area contributed by atoms with E-state index in [9.17, 15) is 23.2 Å². The van der Waals surface area contributed by atoms with Crippen LogP contribution in [0.4, 0.5) is 8.78 Å². The Hall–Kier alpha value is -4.87. The Bertz CT molecular complexity index is 1420. The molecular weight excluding hydrogens is 476 g/mol. The molecule has 0 aliphatic carbocycles. The molecule has 0 aliphatic heterocycles. The molecular formula is C24H19F2N5O5. The maximum Gasteiger partial charge on any atom is 0.387 e. The first-order valence-electron chi connectivity index (χ1n) is 10.6. The van der Waals surface area contributed by atoms with Crippen LogP contribution in [0, 0.1) is 0 Å². The van der Waals surface area contributed by atoms with E-state index in [1.165, 1.54) is 53.2 Å². The molecule has 36 heavy (non-hydrogen) atoms. The van der Waals surface area contributed by atoms with Gasteiger partial charge in [0.05, 0.1) is 11.8 Å². The molecule has 4 rings (SSSR count). The van der Waals surface area contributed by atoms with Gasteiger partial charge in [0, 0.05) is 25.2 Å². The van der Waals surface area contributed by atoms with Gasteiger partial charge in [-0.05, 0) is 35.4 Å². The van der Waals surface area contributed by atoms with Crippen molar-refractivity contribution in [1.82, 2.24) is 25.2 Å². The van der Waals surface area contributed by atoms with Crippen LogP contribution < -0.4 is 15.4 Å². The molecule has 0 fully saturated rings. The minimum atomic E-state index is -2.96. The first-order chi connectivity index (χ1) is 17.3. The highest BCUT2D eigenvalue weighted by molar-refractivity contribution is 5.98. The van der Waals surface area contributed by atoms with Crippen LogP contribution in [0.1, 0.15) is 42.5 Å². The third-order valence-corrected chi connectivity index (χ3v) is 5.06. The molecule has 0 saturated carbocycles. The first kappa shape index (κ1) is 24.3. The highest BCUT2D eigenvalue weighted by atomic mass is 19.3. The first-order valence-corrected chi connectivity index (χ1v) is 10.6. The highest BCUT2D eigenvalue weighted by Crippen LogP contribution is 2.16. The molecule has 2 aromatic heterocycles. The van der Waals surface area contributed by atoms with E-state index in [-0.39, 0.29) is 41.4 Å². The molecule has 2 aromatic carbocycles. The Balaban J connectivity index is 1.47. The van der Waals surface area contributed by atoms with E-state index >= 15 is 0 Å². The van der Waals surface area contributed by atoms with E-state index < -0.39 is 24.4 Å². The zero-order chi connectivity index (χ0) is 25.7. The molecule has 0 radical (unpaired) electrons. The number of ether oxygens (including phenoxy) is 1. The van der Waals surface area contributed by atoms with Crippen LogP contribution in [0.5, 0.6) is 5.75 Å². The summed E-state index contributed by atoms with van der Waals surface area (Å²) in [7, 11) is 0. The highest BCUT2D eigenvalue weighted by Gasteiger charge is 2.18. The Morgan fingerprint density at radius 3 is 2.39 bits per heavy atom. The number of carboxylic acids is 1. The number of carbonyl (C=O) groups excluding carboxylic acids is 2. The molecule has 0 bridgehead atoms. The number of nitrogens with zero attached hydrogens (tertiary/aromatic N) is 3. The largest absolute Gasteiger partial charge is 0.478 e. The molecule has 10 nitrogen and oxygen atoms in total. The summed E-state index contributed by atoms with van der Waals surface area (Å²) in [6.45, 7) is -2.84. The van der Waals surface area contributed by atoms with Gasteiger partial charge in [-0.15, -0.1) is 0 Å². The van der Waals surface area contributed by atoms with Gasteiger partial charge in [0.25, 0.3) is 11.8 Å². The van der Waals surface area contributed by atoms with Crippen molar-refractivity contribution in [3.63, 3.8) is 0 Å². The topological polar surface area (TPSA) is 135 Å². The predicted molar refractivity (Wildman–Crippen MR) is 122 cm³/mol. The third-order valence-electron chi connectivity index (χ3n) is 5.06. The number of hydrogen-bond acceptors (Lipinski definition) is 6. The van der Waals surface area contributed by atoms with Crippen LogP contribution in [0.25, 0.3) is 5.65 Å². The zero-order valence-electron chi connectivity index (χ0n) is 18.5. The molecule has 12 heteroatoms. The second kappa shape index (κ2) is 10.6. The molecule has 4 aromatic rings. The van der Waals surface area contributed by atoms with Crippen molar-refractivity contribution in [3.8, 4) is 5.75 Å². The van der Waals surface area contributed by atoms with E-state index in [0.29, 0.717) is 11.1 Å². The SMILES string of the molecule is O=C(O)c1ccc(CNC(=O)c2cc(C(=O)NCc3cccc(OC(F)F)c3)nc3ccnn23)cc1. The summed E-state index contributed by atoms with van der Waals surface area (Å²) < 4.78 is 30.5. The van der Waals surface area contributed by atoms with Gasteiger partial charge in [-0.3, -0.25) is 9.59 Å². The van der Waals surface area contributed by atoms with Gasteiger partial charge < -0.3 is 20.5 Å². The molecule has 0 atom stereocenters. The van der Waals surface area contributed by atoms with Crippen molar-refractivity contribution in [2.24, 2.45) is 0 Å². The molecule has 3 N–H and O–H groups in total. The lowest BCUT2D eigenvalue weighted by Crippen LogP contribution is -2.28. The third kappa shape index (κ3) is 5.78. The van der Waals surface area contributed by atoms with Crippen molar-refractivity contribution in [1.29, 1.82) is 0 Å². The number of carboxylic acid groups (broad SMARTS) is 1. The van der Waals surface area contributed by atoms with Gasteiger partial charge in [-0.25, -0.2) is 14.3 Å². The second-order valence-electron chi connectivity index (χ2n) is 7.52. The van der Waals surface area contributed by atoms with Gasteiger partial charge in [0.1, 0.15) is 17.1 Å². The number of amides is 2. The smallest absolute Gasteiger partial charge is 0.387 e. The van der Waals surface area contributed by atoms with Crippen LogP contribution in [0.3, 0.4) is 0 Å². The fraction of sp³-hybridized carbons (Fsp3) is 0.125. The fourth-order valence-electron chi connectivity index (χ4n) is 3.33. The van der Waals surface area contributed by atoms with E-state index in [2.05, 4.69) is 25.5 Å². The van der Waals surface area contributed by atoms with E-state index in [1.54, 1.807) is 18.2 Å². The Morgan fingerprint density at radius 2 is 1.67 bits per heavy atom. The summed E-state index contributed by atoms with van der Waals surface area (Å²) in [5.74, 6) is -2.20. The molecule has 0 unspecified atom stereocenters. The molecule has 0 aliphatic rings. The van der Waals surface area contributed by atoms with Crippen LogP contribution in [0.15, 0.2) is 66.9 Å². The average Bonchev–Trinajstić information content (AvgIpc) is 3.34. The summed E-state index contributed by atoms with van der Waals surface area (Å²) in [6, 6.07) is 14.7. The van der Waals surface area contributed by atoms with Crippen LogP contribution in [0.2, 0.25) is 0 Å². The maximum absolute atomic E-state index is 12.9. The number of carbonyl (C=O) groups is 3. The summed E-state index contributed by atoms with van der Waals surface area (Å²) in [5.41, 5.74) is 1.62. The lowest BCUT2D eigenvalue weighted by molar-refractivity contribution is -0.0499. The molecule has 0 saturated heterocycles. The second-order valence-corrected chi connectivity index (χ2v) is 7.52. The van der Waals surface area contributed by atoms with E-state index in [1.807, 2.05) is 0 Å². The fourth-order valence-corrected chi connectivity index (χ4v) is 3.33. The van der Waals surface area contributed by atoms with Gasteiger partial charge in [-0.1, -0.05) is 24.3 Å². The molecule has 184 valence electrons. The number of fused-ring (bicyclic) bond motifs is 1. The van der Waals surface area contributed by atoms with Crippen molar-refractivity contribution < 1.29 is 33.0 Å². The number of rotatable bonds is 9. The zero-order valence-corrected chi connectivity index (χ0v) is 18.5. The van der Waals surface area contributed by atoms with Crippen LogP contribution in [-0.2, 0) is 13.1 Å². The lowest BCUT2D eigenvalue weighted by Gasteiger charge is -2.10. The summed E-state index contributed by atoms with van der Waals surface area (Å²) in [4.78, 5) is 40.8. The van der Waals surface area contributed by atoms with Crippen LogP contribution >= 0.6 is 0 Å². The quantitative estimate of drug-likeness (QED) is 0.325. The van der Waals surface area contributed by atoms with Crippen molar-refractivity contribution in [2.75, 3.05) is 0 Å². The molecule has 0 spiro atoms. The number of alkyl halides is 2. The summed E-state index contributed by atoms with van der Waals surface area (Å²) in [6.07, 6.45) is 1.43. The van der Waals surface area contributed by atoms with Crippen molar-refractivity contribution in [3.05, 3.63) is 94.9 Å². The molecule has 2 heterocycles. The minimum Gasteiger partial charge on any atom is -0.478 e. The number of nitrogens with one attached hydrogen (secondary N) is 2. The van der Waals surface area contributed by atoms with Gasteiger partial charge >= 0.3 is 12.6 Å². The van der Waals surface area contributed by atoms with E-state index in [4.69, 9.17) is 5.11 Å². The Labute approximate surface area is 202 Å². The Kier molecular flexibility index (Phi) is 7.14. The number of benzene rings is 2. The summed E-state index contributed by atoms with van der Waals surface area (Å²) in [5, 5.41) is 18.4. The van der Waals surface area contributed by atoms with Crippen LogP contribution in [-0.4, -0.2) is 44.1 Å². The standard InChI is InChI=1S/C24H19F2N5O5/c25-24(26)36-17-3-1-2-15(10-17)13-27-21(32)18-11-19(31-20(30-18)8-9-29-31)22(33)28-12-14-4-6-16(7-5-14)23(34)35/h1-11,24H,12-13H2,(H,27,32)(H,28,33)(H,34,35). The van der Waals surface area contributed by atoms with Gasteiger partial charge in [-0.2, -0.15) is 13.9 Å². The van der Waals surface area contributed by atoms with Gasteiger partial charge in [0.2, 0.25) is 0 Å². The lowest BCUT2D eigenvalue weighted by atomic mass is 10.1. The monoisotopic (exact) mass is 495 g/mol. The van der Waals surface area contributed by atoms with Crippen molar-refractivity contribution >= 4 is 23.4 Å². The predicted octanol–water partition coefficient (Wildman–Crippen LogP) is 2.89. The maximum atomic E-state index is 12.9. The minimum absolute atomic E-state index is 0.0132. The average molecular weight is 495 g/mol. The Morgan fingerprint density at radius 1 is 0.944 bits per heavy atom. The van der Waals surface area contributed by atoms with Gasteiger partial charge in [0.15, 0.2) is 5.65 Å². The number of aromatic carboxylic acids is 1. The number of hydrogen-bond donors (Lipinski definition) is 3. The number of aromatic nitrogens is 3. The molecule has 2 amide bonds. The normalized spacial score (nSPS) is 10.9. The summed E-state index contributed by atoms with van der Waals surface area (Å²) >= 11 is 0.